The second-order valence-corrected chi connectivity index (χ2v) is 10.8. The molecule has 4 aromatic heterocycles. The fourth-order valence-electron chi connectivity index (χ4n) is 5.27. The molecule has 0 unspecified atom stereocenters. The van der Waals surface area contributed by atoms with Crippen molar-refractivity contribution in [2.24, 2.45) is 9.98 Å². The van der Waals surface area contributed by atoms with Crippen LogP contribution < -0.4 is 0 Å². The maximum atomic E-state index is 4.84. The molecule has 264 valence electrons. The van der Waals surface area contributed by atoms with Crippen molar-refractivity contribution < 1.29 is 33.6 Å². The van der Waals surface area contributed by atoms with E-state index < -0.39 is 0 Å². The summed E-state index contributed by atoms with van der Waals surface area (Å²) in [5.74, 6) is 0. The fourth-order valence-corrected chi connectivity index (χ4v) is 5.27. The van der Waals surface area contributed by atoms with Crippen molar-refractivity contribution in [1.82, 2.24) is 19.9 Å². The third-order valence-corrected chi connectivity index (χ3v) is 7.36. The summed E-state index contributed by atoms with van der Waals surface area (Å²) in [6.07, 6.45) is 7.20. The minimum absolute atomic E-state index is 0. The van der Waals surface area contributed by atoms with Crippen molar-refractivity contribution in [2.75, 3.05) is 0 Å². The van der Waals surface area contributed by atoms with Crippen LogP contribution >= 0.6 is 67.9 Å². The van der Waals surface area contributed by atoms with Crippen molar-refractivity contribution in [3.63, 3.8) is 0 Å². The van der Waals surface area contributed by atoms with Crippen LogP contribution in [0.2, 0.25) is 0 Å². The Bertz CT molecular complexity index is 1840. The molecule has 0 bridgehead atoms. The van der Waals surface area contributed by atoms with Gasteiger partial charge in [-0.1, -0.05) is 24.3 Å². The SMILES string of the molecule is Br.Br.Br.Br.Cc1cc(-c2cc(C)c(N=Cc3cccc(-c4ccccn4)n3)c(C)c2)cc(C)c1N=Cc1cccc(-c2ccccn2)n1.[Co].[Co]. The van der Waals surface area contributed by atoms with Gasteiger partial charge in [0.2, 0.25) is 0 Å². The summed E-state index contributed by atoms with van der Waals surface area (Å²) in [5, 5.41) is 0. The molecule has 2 radical (unpaired) electrons. The summed E-state index contributed by atoms with van der Waals surface area (Å²) < 4.78 is 0. The minimum Gasteiger partial charge on any atom is -0.255 e. The quantitative estimate of drug-likeness (QED) is 0.149. The van der Waals surface area contributed by atoms with Crippen molar-refractivity contribution in [3.05, 3.63) is 143 Å². The number of pyridine rings is 4. The molecule has 4 heterocycles. The van der Waals surface area contributed by atoms with Gasteiger partial charge in [-0.2, -0.15) is 0 Å². The molecule has 6 aromatic rings. The molecular formula is C38H36Br4Co2N6. The Labute approximate surface area is 356 Å². The van der Waals surface area contributed by atoms with Crippen LogP contribution in [0.1, 0.15) is 33.6 Å². The molecule has 0 aliphatic rings. The number of aryl methyl sites for hydroxylation is 4. The van der Waals surface area contributed by atoms with Crippen LogP contribution in [0.3, 0.4) is 0 Å². The van der Waals surface area contributed by atoms with E-state index in [1.54, 1.807) is 12.4 Å². The fraction of sp³-hybridized carbons (Fsp3) is 0.105. The first-order chi connectivity index (χ1) is 21.4. The van der Waals surface area contributed by atoms with Crippen molar-refractivity contribution in [1.29, 1.82) is 0 Å². The molecule has 0 saturated carbocycles. The second kappa shape index (κ2) is 22.3. The van der Waals surface area contributed by atoms with E-state index in [0.717, 1.165) is 78.9 Å². The van der Waals surface area contributed by atoms with E-state index >= 15 is 0 Å². The first-order valence-corrected chi connectivity index (χ1v) is 14.5. The topological polar surface area (TPSA) is 76.3 Å². The van der Waals surface area contributed by atoms with Gasteiger partial charge in [0, 0.05) is 46.0 Å². The first-order valence-electron chi connectivity index (χ1n) is 14.5. The van der Waals surface area contributed by atoms with E-state index in [-0.39, 0.29) is 101 Å². The Morgan fingerprint density at radius 1 is 0.440 bits per heavy atom. The van der Waals surface area contributed by atoms with E-state index in [9.17, 15) is 0 Å². The molecule has 0 aliphatic carbocycles. The molecule has 12 heteroatoms. The molecule has 0 spiro atoms. The molecule has 0 amide bonds. The monoisotopic (exact) mass is 1010 g/mol. The van der Waals surface area contributed by atoms with Gasteiger partial charge in [0.05, 0.1) is 58.0 Å². The molecule has 0 fully saturated rings. The standard InChI is InChI=1S/C38H32N6.4BrH.2Co/c1-25-19-29(20-26(2)37(25)41-23-31-11-9-15-35(43-31)33-13-5-7-17-39-33)30-21-27(3)38(28(4)22-30)42-24-32-12-10-16-36(44-32)34-14-6-8-18-40-34;;;;;;/h5-24H,1-4H3;4*1H;;. The predicted molar refractivity (Wildman–Crippen MR) is 222 cm³/mol. The number of halogens is 4. The third kappa shape index (κ3) is 11.7. The van der Waals surface area contributed by atoms with E-state index in [2.05, 4.69) is 61.9 Å². The van der Waals surface area contributed by atoms with Gasteiger partial charge < -0.3 is 0 Å². The Hall–Kier alpha value is -2.69. The summed E-state index contributed by atoms with van der Waals surface area (Å²) in [6, 6.07) is 32.2. The van der Waals surface area contributed by atoms with Gasteiger partial charge in [0.15, 0.2) is 0 Å². The Kier molecular flexibility index (Phi) is 21.1. The van der Waals surface area contributed by atoms with Gasteiger partial charge in [-0.15, -0.1) is 67.9 Å². The van der Waals surface area contributed by atoms with E-state index in [1.807, 2.05) is 85.2 Å². The smallest absolute Gasteiger partial charge is 0.0894 e. The zero-order valence-corrected chi connectivity index (χ0v) is 36.5. The summed E-state index contributed by atoms with van der Waals surface area (Å²) in [7, 11) is 0. The Balaban J connectivity index is 0.00000400. The summed E-state index contributed by atoms with van der Waals surface area (Å²) in [4.78, 5) is 28.0. The molecule has 2 aromatic carbocycles. The van der Waals surface area contributed by atoms with E-state index in [4.69, 9.17) is 20.0 Å². The normalized spacial score (nSPS) is 10.1. The molecule has 0 aliphatic heterocycles. The van der Waals surface area contributed by atoms with Gasteiger partial charge in [-0.25, -0.2) is 9.97 Å². The molecule has 6 nitrogen and oxygen atoms in total. The molecule has 0 N–H and O–H groups in total. The number of hydrogen-bond acceptors (Lipinski definition) is 6. The van der Waals surface area contributed by atoms with Gasteiger partial charge in [-0.05, 0) is 134 Å². The molecule has 6 rings (SSSR count). The van der Waals surface area contributed by atoms with Gasteiger partial charge >= 0.3 is 0 Å². The summed E-state index contributed by atoms with van der Waals surface area (Å²) in [6.45, 7) is 8.41. The molecule has 0 atom stereocenters. The minimum atomic E-state index is 0. The number of aliphatic imine (C=N–C) groups is 2. The van der Waals surface area contributed by atoms with Gasteiger partial charge in [-0.3, -0.25) is 20.0 Å². The van der Waals surface area contributed by atoms with Crippen LogP contribution in [0.4, 0.5) is 11.4 Å². The second-order valence-electron chi connectivity index (χ2n) is 10.8. The van der Waals surface area contributed by atoms with Crippen LogP contribution in [0.15, 0.2) is 119 Å². The average Bonchev–Trinajstić information content (AvgIpc) is 3.05. The van der Waals surface area contributed by atoms with Crippen LogP contribution in [-0.2, 0) is 33.6 Å². The average molecular weight is 1010 g/mol. The zero-order chi connectivity index (χ0) is 30.5. The zero-order valence-electron chi connectivity index (χ0n) is 27.5. The van der Waals surface area contributed by atoms with Crippen molar-refractivity contribution >= 4 is 91.7 Å². The van der Waals surface area contributed by atoms with Crippen molar-refractivity contribution in [2.45, 2.75) is 27.7 Å². The Morgan fingerprint density at radius 3 is 1.10 bits per heavy atom. The number of nitrogens with zero attached hydrogens (tertiary/aromatic N) is 6. The molecule has 0 saturated heterocycles. The van der Waals surface area contributed by atoms with Crippen LogP contribution in [-0.4, -0.2) is 32.4 Å². The maximum absolute atomic E-state index is 4.84. The van der Waals surface area contributed by atoms with Crippen LogP contribution in [0, 0.1) is 27.7 Å². The summed E-state index contributed by atoms with van der Waals surface area (Å²) >= 11 is 0. The van der Waals surface area contributed by atoms with Gasteiger partial charge in [0.1, 0.15) is 0 Å². The van der Waals surface area contributed by atoms with Crippen LogP contribution in [0.25, 0.3) is 33.9 Å². The largest absolute Gasteiger partial charge is 0.255 e. The number of benzene rings is 2. The first kappa shape index (κ1) is 47.3. The maximum Gasteiger partial charge on any atom is 0.0894 e. The van der Waals surface area contributed by atoms with E-state index in [0.29, 0.717) is 0 Å². The predicted octanol–water partition coefficient (Wildman–Crippen LogP) is 11.3. The Morgan fingerprint density at radius 2 is 0.780 bits per heavy atom. The molecule has 50 heavy (non-hydrogen) atoms. The number of rotatable bonds is 7. The molecular weight excluding hydrogens is 978 g/mol. The number of aromatic nitrogens is 4. The van der Waals surface area contributed by atoms with Crippen LogP contribution in [0.5, 0.6) is 0 Å². The summed E-state index contributed by atoms with van der Waals surface area (Å²) in [5.41, 5.74) is 13.5. The van der Waals surface area contributed by atoms with Crippen molar-refractivity contribution in [3.8, 4) is 33.9 Å². The third-order valence-electron chi connectivity index (χ3n) is 7.36. The van der Waals surface area contributed by atoms with E-state index in [1.165, 1.54) is 0 Å². The van der Waals surface area contributed by atoms with Gasteiger partial charge in [0.25, 0.3) is 0 Å². The number of hydrogen-bond donors (Lipinski definition) is 0.